The van der Waals surface area contributed by atoms with Gasteiger partial charge in [0.15, 0.2) is 5.65 Å². The fourth-order valence-electron chi connectivity index (χ4n) is 6.85. The number of nitrogens with zero attached hydrogens (tertiary/aromatic N) is 3. The Kier molecular flexibility index (Phi) is 12.0. The van der Waals surface area contributed by atoms with E-state index >= 15 is 0 Å². The van der Waals surface area contributed by atoms with Crippen LogP contribution < -0.4 is 21.5 Å². The molecule has 0 saturated carbocycles. The molecule has 1 amide bonds. The number of rotatable bonds is 16. The number of phenolic OH excluding ortho intramolecular Hbond substituents is 1. The van der Waals surface area contributed by atoms with Crippen LogP contribution >= 0.6 is 0 Å². The van der Waals surface area contributed by atoms with Crippen LogP contribution in [-0.2, 0) is 30.7 Å². The summed E-state index contributed by atoms with van der Waals surface area (Å²) >= 11 is 0. The lowest BCUT2D eigenvalue weighted by molar-refractivity contribution is 0.0904. The summed E-state index contributed by atoms with van der Waals surface area (Å²) in [5, 5.41) is 37.3. The van der Waals surface area contributed by atoms with Crippen molar-refractivity contribution in [2.75, 3.05) is 31.6 Å². The number of phenols is 1. The number of hydrogen-bond acceptors (Lipinski definition) is 9. The summed E-state index contributed by atoms with van der Waals surface area (Å²) < 4.78 is 7.51. The van der Waals surface area contributed by atoms with Crippen LogP contribution in [0.4, 0.5) is 5.69 Å². The molecule has 2 aromatic carbocycles. The third-order valence-electron chi connectivity index (χ3n) is 9.74. The van der Waals surface area contributed by atoms with Crippen molar-refractivity contribution in [3.8, 4) is 5.75 Å². The zero-order valence-electron chi connectivity index (χ0n) is 29.5. The molecule has 1 saturated heterocycles. The monoisotopic (exact) mass is 695 g/mol. The van der Waals surface area contributed by atoms with Crippen LogP contribution in [0.5, 0.6) is 5.75 Å². The van der Waals surface area contributed by atoms with Crippen molar-refractivity contribution in [3.63, 3.8) is 0 Å². The number of nitrogens with one attached hydrogen (secondary N) is 4. The van der Waals surface area contributed by atoms with E-state index in [9.17, 15) is 19.8 Å². The van der Waals surface area contributed by atoms with Gasteiger partial charge in [0.2, 0.25) is 5.56 Å². The van der Waals surface area contributed by atoms with Gasteiger partial charge in [-0.15, -0.1) is 0 Å². The van der Waals surface area contributed by atoms with Crippen LogP contribution in [0.15, 0.2) is 59.5 Å². The summed E-state index contributed by atoms with van der Waals surface area (Å²) in [6, 6.07) is 14.3. The molecule has 6 N–H and O–H groups in total. The predicted octanol–water partition coefficient (Wildman–Crippen LogP) is 5.12. The minimum absolute atomic E-state index is 0.0221. The maximum Gasteiger partial charge on any atom is 0.251 e. The van der Waals surface area contributed by atoms with Crippen molar-refractivity contribution in [3.05, 3.63) is 93.0 Å². The van der Waals surface area contributed by atoms with Gasteiger partial charge in [-0.25, -0.2) is 9.67 Å². The smallest absolute Gasteiger partial charge is 0.251 e. The number of aliphatic hydroxyl groups is 1. The van der Waals surface area contributed by atoms with Gasteiger partial charge in [-0.1, -0.05) is 31.5 Å². The molecule has 0 bridgehead atoms. The zero-order valence-corrected chi connectivity index (χ0v) is 29.5. The molecule has 1 aliphatic heterocycles. The Morgan fingerprint density at radius 2 is 1.84 bits per heavy atom. The van der Waals surface area contributed by atoms with Crippen LogP contribution in [0.25, 0.3) is 21.9 Å². The van der Waals surface area contributed by atoms with Gasteiger partial charge < -0.3 is 35.9 Å². The first-order valence-corrected chi connectivity index (χ1v) is 18.2. The second-order valence-electron chi connectivity index (χ2n) is 13.2. The maximum atomic E-state index is 13.3. The molecule has 12 heteroatoms. The second kappa shape index (κ2) is 17.0. The van der Waals surface area contributed by atoms with Gasteiger partial charge in [-0.05, 0) is 87.4 Å². The molecule has 0 unspecified atom stereocenters. The number of carbonyl (C=O) groups excluding carboxylic acids is 1. The summed E-state index contributed by atoms with van der Waals surface area (Å²) in [6.45, 7) is 7.86. The molecule has 3 aromatic heterocycles. The SMILES string of the molecule is CCc1nc2c(cnn2CC)c(NC2CCOCC2)c1CNC(=O)c1ccc(CCCCCNC[C@H](O)c2ccc(O)c3[nH]c(=O)ccc23)cc1. The number of benzene rings is 2. The minimum Gasteiger partial charge on any atom is -0.506 e. The van der Waals surface area contributed by atoms with Gasteiger partial charge in [0, 0.05) is 67.2 Å². The molecule has 5 aromatic rings. The number of anilines is 1. The van der Waals surface area contributed by atoms with E-state index in [0.717, 1.165) is 99.2 Å². The van der Waals surface area contributed by atoms with Crippen LogP contribution in [0.3, 0.4) is 0 Å². The predicted molar refractivity (Wildman–Crippen MR) is 199 cm³/mol. The van der Waals surface area contributed by atoms with Crippen LogP contribution in [0.1, 0.15) is 84.8 Å². The summed E-state index contributed by atoms with van der Waals surface area (Å²) in [6.07, 6.45) is 7.62. The van der Waals surface area contributed by atoms with Gasteiger partial charge in [0.05, 0.1) is 28.9 Å². The molecular formula is C39H49N7O5. The number of amides is 1. The van der Waals surface area contributed by atoms with E-state index in [-0.39, 0.29) is 23.3 Å². The lowest BCUT2D eigenvalue weighted by Gasteiger charge is -2.26. The van der Waals surface area contributed by atoms with Crippen LogP contribution in [-0.4, -0.2) is 68.2 Å². The molecule has 0 radical (unpaired) electrons. The first-order chi connectivity index (χ1) is 24.9. The van der Waals surface area contributed by atoms with Crippen molar-refractivity contribution in [1.29, 1.82) is 0 Å². The summed E-state index contributed by atoms with van der Waals surface area (Å²) in [5.41, 5.74) is 6.33. The van der Waals surface area contributed by atoms with E-state index in [1.165, 1.54) is 17.7 Å². The highest BCUT2D eigenvalue weighted by Crippen LogP contribution is 2.32. The highest BCUT2D eigenvalue weighted by Gasteiger charge is 2.22. The molecule has 51 heavy (non-hydrogen) atoms. The minimum atomic E-state index is -0.773. The summed E-state index contributed by atoms with van der Waals surface area (Å²) in [7, 11) is 0. The van der Waals surface area contributed by atoms with Gasteiger partial charge in [0.1, 0.15) is 5.75 Å². The standard InChI is InChI=1S/C39H49N7O5/c1-3-32-30(36(43-27-17-20-51-21-18-27)31-23-42-46(4-2)38(31)44-32)22-41-39(50)26-11-9-25(10-12-26)8-6-5-7-19-40-24-34(48)28-13-15-33(47)37-29(28)14-16-35(49)45-37/h9-16,23,27,34,40,47-48H,3-8,17-22,24H2,1-2H3,(H,41,50)(H,43,44)(H,45,49)/t34-/m0/s1. The summed E-state index contributed by atoms with van der Waals surface area (Å²) in [5.74, 6) is -0.141. The van der Waals surface area contributed by atoms with Gasteiger partial charge >= 0.3 is 0 Å². The Morgan fingerprint density at radius 1 is 1.04 bits per heavy atom. The zero-order chi connectivity index (χ0) is 35.7. The third-order valence-corrected chi connectivity index (χ3v) is 9.74. The number of aryl methyl sites for hydroxylation is 3. The highest BCUT2D eigenvalue weighted by molar-refractivity contribution is 5.95. The first-order valence-electron chi connectivity index (χ1n) is 18.2. The number of H-pyrrole nitrogens is 1. The molecule has 0 spiro atoms. The van der Waals surface area contributed by atoms with E-state index in [0.29, 0.717) is 35.1 Å². The average Bonchev–Trinajstić information content (AvgIpc) is 3.57. The molecule has 1 fully saturated rings. The van der Waals surface area contributed by atoms with Crippen LogP contribution in [0.2, 0.25) is 0 Å². The molecule has 0 aliphatic carbocycles. The Bertz CT molecular complexity index is 2000. The van der Waals surface area contributed by atoms with Crippen molar-refractivity contribution >= 4 is 33.5 Å². The number of unbranched alkanes of at least 4 members (excludes halogenated alkanes) is 2. The second-order valence-corrected chi connectivity index (χ2v) is 13.2. The lowest BCUT2D eigenvalue weighted by Crippen LogP contribution is -2.30. The number of ether oxygens (including phenoxy) is 1. The highest BCUT2D eigenvalue weighted by atomic mass is 16.5. The van der Waals surface area contributed by atoms with Crippen LogP contribution in [0, 0.1) is 0 Å². The van der Waals surface area contributed by atoms with Gasteiger partial charge in [0.25, 0.3) is 5.91 Å². The number of aromatic nitrogens is 4. The van der Waals surface area contributed by atoms with E-state index in [4.69, 9.17) is 9.72 Å². The largest absolute Gasteiger partial charge is 0.506 e. The van der Waals surface area contributed by atoms with Crippen molar-refractivity contribution in [2.24, 2.45) is 0 Å². The van der Waals surface area contributed by atoms with E-state index in [1.54, 1.807) is 12.1 Å². The molecule has 4 heterocycles. The van der Waals surface area contributed by atoms with Gasteiger partial charge in [-0.3, -0.25) is 9.59 Å². The molecule has 12 nitrogen and oxygen atoms in total. The Hall–Kier alpha value is -4.78. The van der Waals surface area contributed by atoms with Crippen molar-refractivity contribution in [2.45, 2.75) is 84.0 Å². The normalized spacial score (nSPS) is 14.3. The number of fused-ring (bicyclic) bond motifs is 2. The fraction of sp³-hybridized carbons (Fsp3) is 0.436. The quantitative estimate of drug-likeness (QED) is 0.0769. The number of carbonyl (C=O) groups is 1. The van der Waals surface area contributed by atoms with Crippen molar-refractivity contribution < 1.29 is 19.7 Å². The van der Waals surface area contributed by atoms with E-state index < -0.39 is 6.10 Å². The number of pyridine rings is 2. The molecule has 1 aliphatic rings. The Balaban J connectivity index is 0.975. The topological polar surface area (TPSA) is 166 Å². The number of aromatic amines is 1. The molecule has 1 atom stereocenters. The first kappa shape index (κ1) is 36.0. The number of aliphatic hydroxyl groups excluding tert-OH is 1. The fourth-order valence-corrected chi connectivity index (χ4v) is 6.85. The third kappa shape index (κ3) is 8.58. The number of hydrogen-bond donors (Lipinski definition) is 6. The number of aromatic hydroxyl groups is 1. The van der Waals surface area contributed by atoms with E-state index in [1.807, 2.05) is 35.1 Å². The average molecular weight is 696 g/mol. The van der Waals surface area contributed by atoms with Crippen molar-refractivity contribution in [1.82, 2.24) is 30.4 Å². The van der Waals surface area contributed by atoms with Gasteiger partial charge in [-0.2, -0.15) is 5.10 Å². The maximum absolute atomic E-state index is 13.3. The Morgan fingerprint density at radius 3 is 2.61 bits per heavy atom. The molecule has 270 valence electrons. The Labute approximate surface area is 297 Å². The molecular weight excluding hydrogens is 646 g/mol. The molecule has 6 rings (SSSR count). The van der Waals surface area contributed by atoms with E-state index in [2.05, 4.69) is 39.9 Å². The lowest BCUT2D eigenvalue weighted by atomic mass is 10.0. The summed E-state index contributed by atoms with van der Waals surface area (Å²) in [4.78, 5) is 32.6.